The van der Waals surface area contributed by atoms with Crippen LogP contribution in [0.4, 0.5) is 0 Å². The lowest BCUT2D eigenvalue weighted by Crippen LogP contribution is -2.52. The molecule has 0 N–H and O–H groups in total. The minimum atomic E-state index is -0.313. The Morgan fingerprint density at radius 2 is 0.573 bits per heavy atom. The van der Waals surface area contributed by atoms with E-state index in [1.165, 1.54) is 6.42 Å². The van der Waals surface area contributed by atoms with Crippen molar-refractivity contribution < 1.29 is 0 Å². The fourth-order valence-electron chi connectivity index (χ4n) is 27.0. The predicted octanol–water partition coefficient (Wildman–Crippen LogP) is 19.2. The topological polar surface area (TPSA) is 3.24 Å². The van der Waals surface area contributed by atoms with E-state index in [1.54, 1.807) is 324 Å². The summed E-state index contributed by atoms with van der Waals surface area (Å²) in [5.74, 6) is 0.949. The van der Waals surface area contributed by atoms with E-state index in [0.717, 1.165) is 25.1 Å². The Balaban J connectivity index is 1.10. The van der Waals surface area contributed by atoms with Crippen molar-refractivity contribution >= 4 is 303 Å². The van der Waals surface area contributed by atoms with Crippen LogP contribution < -0.4 is 0 Å². The second-order valence-electron chi connectivity index (χ2n) is 27.7. The van der Waals surface area contributed by atoms with Gasteiger partial charge in [0, 0.05) is 12.6 Å². The number of unbranched alkanes of at least 4 members (excludes halogenated alkanes) is 1. The fourth-order valence-corrected chi connectivity index (χ4v) is 27.2. The van der Waals surface area contributed by atoms with Crippen LogP contribution in [-0.4, -0.2) is 24.2 Å². The quantitative estimate of drug-likeness (QED) is 0.102. The average Bonchev–Trinajstić information content (AvgIpc) is 4.32. The van der Waals surface area contributed by atoms with Crippen molar-refractivity contribution in [2.45, 2.75) is 36.1 Å². The monoisotopic (exact) mass is 941 g/mol. The van der Waals surface area contributed by atoms with E-state index in [-0.39, 0.29) is 16.9 Å². The van der Waals surface area contributed by atoms with E-state index in [4.69, 9.17) is 12.6 Å². The molecular formula is C73H19NS. The van der Waals surface area contributed by atoms with Gasteiger partial charge in [0.2, 0.25) is 0 Å². The lowest BCUT2D eigenvalue weighted by Gasteiger charge is -2.52. The van der Waals surface area contributed by atoms with Crippen molar-refractivity contribution in [3.05, 3.63) is 57.6 Å². The highest BCUT2D eigenvalue weighted by Gasteiger charge is 2.76. The molecule has 2 spiro atoms. The Kier molecular flexibility index (Phi) is 2.79. The summed E-state index contributed by atoms with van der Waals surface area (Å²) < 4.78 is 0. The number of likely N-dealkylation sites (N-methyl/N-ethyl adjacent to an activating group) is 1. The van der Waals surface area contributed by atoms with E-state index in [0.29, 0.717) is 0 Å². The molecule has 0 saturated carbocycles. The molecule has 29 aromatic rings. The summed E-state index contributed by atoms with van der Waals surface area (Å²) in [4.78, 5) is 3.00. The van der Waals surface area contributed by atoms with E-state index >= 15 is 0 Å². The SMILES string of the molecule is CN1CC23c4c5c6c7c8c9c(c%10c%11c2c2c4c4c%12c5c5c6c6c8c8c%13c9c9c%10c%10c%11c%11c2c2c4c4c%12c%12c5c5c6c8c6c8c%13c9c9c%10c%10c%11c2c2c4c4c%12c5c6c5c8c9c%10c2c45)C73C1c1ccccc1CCCCS. The molecule has 0 bridgehead atoms. The number of aryl methyl sites for hydroxylation is 1. The van der Waals surface area contributed by atoms with Gasteiger partial charge in [0.25, 0.3) is 0 Å². The van der Waals surface area contributed by atoms with E-state index < -0.39 is 0 Å². The summed E-state index contributed by atoms with van der Waals surface area (Å²) in [5.41, 5.74) is 9.77. The van der Waals surface area contributed by atoms with Gasteiger partial charge in [0.05, 0.1) is 10.8 Å². The lowest BCUT2D eigenvalue weighted by molar-refractivity contribution is 0.270. The van der Waals surface area contributed by atoms with Gasteiger partial charge in [0.1, 0.15) is 0 Å². The Bertz CT molecular complexity index is 7330. The molecule has 0 radical (unpaired) electrons. The standard InChI is InChI=1S/C73H19NS/c1-74-10-72-67-59-51-41-31-23-15-13-14-17-21-19(15)27-35-29(21)39-33-25(17)26-18(14)22-20-16(13)24(23)32-38-28(20)36-30(22)40-34(26)44-43(33)55-49(39)57-47(35)53(45(51)37(27)31)61(67)63(57)69-65(55)66-56(44)50(40)58-48(36)54-46(38)52(42(32)41)60(59)68(72)62(54)64(58)70(66)73(69,72)71(74)12-8-3-2-6-11(12)7-4-5-9-75/h2-3,6,8,71,75H,4-5,7,9-10H2,1H3. The summed E-state index contributed by atoms with van der Waals surface area (Å²) in [5, 5.41) is 90.7. The van der Waals surface area contributed by atoms with Crippen LogP contribution in [-0.2, 0) is 17.3 Å². The first-order chi connectivity index (χ1) is 37.3. The van der Waals surface area contributed by atoms with Crippen molar-refractivity contribution in [2.24, 2.45) is 0 Å². The molecule has 0 aromatic heterocycles. The van der Waals surface area contributed by atoms with Gasteiger partial charge in [-0.05, 0) is 356 Å². The summed E-state index contributed by atoms with van der Waals surface area (Å²) in [7, 11) is 2.61. The highest BCUT2D eigenvalue weighted by molar-refractivity contribution is 7.80. The number of hydrogen-bond donors (Lipinski definition) is 1. The van der Waals surface area contributed by atoms with Gasteiger partial charge in [-0.3, -0.25) is 4.90 Å². The molecule has 1 saturated heterocycles. The largest absolute Gasteiger partial charge is 0.297 e. The van der Waals surface area contributed by atoms with Crippen LogP contribution in [0.1, 0.15) is 52.3 Å². The van der Waals surface area contributed by atoms with Gasteiger partial charge in [-0.25, -0.2) is 0 Å². The van der Waals surface area contributed by atoms with Crippen LogP contribution in [0.15, 0.2) is 24.3 Å². The third kappa shape index (κ3) is 1.69. The highest BCUT2D eigenvalue weighted by Crippen LogP contribution is 2.87. The number of hydrogen-bond acceptors (Lipinski definition) is 2. The van der Waals surface area contributed by atoms with Crippen LogP contribution in [0.5, 0.6) is 0 Å². The van der Waals surface area contributed by atoms with Crippen molar-refractivity contribution in [3.63, 3.8) is 0 Å². The third-order valence-corrected chi connectivity index (χ3v) is 27.4. The molecule has 1 atom stereocenters. The van der Waals surface area contributed by atoms with Gasteiger partial charge in [-0.1, -0.05) is 24.3 Å². The lowest BCUT2D eigenvalue weighted by atomic mass is 9.47. The predicted molar refractivity (Wildman–Crippen MR) is 322 cm³/mol. The van der Waals surface area contributed by atoms with Crippen molar-refractivity contribution in [1.82, 2.24) is 4.90 Å². The van der Waals surface area contributed by atoms with Crippen LogP contribution in [0.2, 0.25) is 0 Å². The van der Waals surface area contributed by atoms with Gasteiger partial charge in [-0.15, -0.1) is 0 Å². The summed E-state index contributed by atoms with van der Waals surface area (Å²) in [6.45, 7) is 1.05. The summed E-state index contributed by atoms with van der Waals surface area (Å²) >= 11 is 4.80. The summed E-state index contributed by atoms with van der Waals surface area (Å²) in [6, 6.07) is 10.2. The minimum absolute atomic E-state index is 0.181. The molecule has 1 fully saturated rings. The van der Waals surface area contributed by atoms with Crippen LogP contribution in [0.3, 0.4) is 0 Å². The van der Waals surface area contributed by atoms with Crippen molar-refractivity contribution in [2.75, 3.05) is 19.3 Å². The highest BCUT2D eigenvalue weighted by atomic mass is 32.1. The maximum Gasteiger partial charge on any atom is 0.0575 e. The number of nitrogens with zero attached hydrogens (tertiary/aromatic N) is 1. The smallest absolute Gasteiger partial charge is 0.0575 e. The molecule has 1 unspecified atom stereocenters. The second kappa shape index (κ2) is 7.04. The second-order valence-corrected chi connectivity index (χ2v) is 28.1. The molecular weight excluding hydrogens is 923 g/mol. The summed E-state index contributed by atoms with van der Waals surface area (Å²) in [6.07, 6.45) is 3.45. The van der Waals surface area contributed by atoms with Gasteiger partial charge >= 0.3 is 0 Å². The molecule has 1 aliphatic heterocycles. The van der Waals surface area contributed by atoms with E-state index in [2.05, 4.69) is 36.2 Å². The van der Waals surface area contributed by atoms with Gasteiger partial charge in [-0.2, -0.15) is 12.6 Å². The Labute approximate surface area is 418 Å². The number of likely N-dealkylation sites (tertiary alicyclic amines) is 1. The van der Waals surface area contributed by atoms with Gasteiger partial charge in [0.15, 0.2) is 0 Å². The van der Waals surface area contributed by atoms with E-state index in [1.807, 2.05) is 0 Å². The zero-order chi connectivity index (χ0) is 45.2. The van der Waals surface area contributed by atoms with Crippen LogP contribution in [0, 0.1) is 0 Å². The maximum absolute atomic E-state index is 4.80. The maximum atomic E-state index is 4.80. The zero-order valence-corrected chi connectivity index (χ0v) is 40.2. The number of benzene rings is 19. The zero-order valence-electron chi connectivity index (χ0n) is 39.3. The third-order valence-electron chi connectivity index (χ3n) is 27.1. The molecule has 34 rings (SSSR count). The number of rotatable bonds is 5. The number of thiol groups is 1. The molecule has 5 aliphatic rings. The normalized spacial score (nSPS) is 23.1. The first-order valence-corrected chi connectivity index (χ1v) is 29.1. The first-order valence-electron chi connectivity index (χ1n) is 28.4. The molecule has 2 heteroatoms. The Hall–Kier alpha value is -8.01. The molecule has 1 nitrogen and oxygen atoms in total. The molecule has 29 aromatic carbocycles. The van der Waals surface area contributed by atoms with Crippen LogP contribution in [0.25, 0.3) is 291 Å². The molecule has 4 aliphatic carbocycles. The minimum Gasteiger partial charge on any atom is -0.297 e. The van der Waals surface area contributed by atoms with Crippen molar-refractivity contribution in [3.8, 4) is 0 Å². The van der Waals surface area contributed by atoms with Gasteiger partial charge < -0.3 is 0 Å². The molecule has 75 heavy (non-hydrogen) atoms. The fraction of sp³-hybridized carbons (Fsp3) is 0.123. The van der Waals surface area contributed by atoms with E-state index in [9.17, 15) is 0 Å². The molecule has 322 valence electrons. The molecule has 1 heterocycles. The average molecular weight is 942 g/mol. The van der Waals surface area contributed by atoms with Crippen LogP contribution >= 0.6 is 12.6 Å². The molecule has 0 amide bonds. The Morgan fingerprint density at radius 1 is 0.333 bits per heavy atom. The van der Waals surface area contributed by atoms with Crippen molar-refractivity contribution in [1.29, 1.82) is 0 Å². The Morgan fingerprint density at radius 3 is 0.840 bits per heavy atom. The first kappa shape index (κ1) is 29.8.